The van der Waals surface area contributed by atoms with Crippen LogP contribution in [0.15, 0.2) is 48.5 Å². The number of hydrogen-bond donors (Lipinski definition) is 1. The molecule has 25 heavy (non-hydrogen) atoms. The minimum atomic E-state index is -0.451. The van der Waals surface area contributed by atoms with Gasteiger partial charge in [-0.05, 0) is 61.2 Å². The molecule has 1 heterocycles. The van der Waals surface area contributed by atoms with E-state index in [0.29, 0.717) is 0 Å². The summed E-state index contributed by atoms with van der Waals surface area (Å²) < 4.78 is 0. The topological polar surface area (TPSA) is 66.6 Å². The molecule has 132 valence electrons. The Morgan fingerprint density at radius 1 is 0.960 bits per heavy atom. The third kappa shape index (κ3) is 4.65. The molecule has 0 saturated carbocycles. The van der Waals surface area contributed by atoms with Gasteiger partial charge in [0.25, 0.3) is 5.69 Å². The van der Waals surface area contributed by atoms with E-state index in [9.17, 15) is 15.2 Å². The monoisotopic (exact) mass is 340 g/mol. The second kappa shape index (κ2) is 8.23. The highest BCUT2D eigenvalue weighted by Gasteiger charge is 2.13. The van der Waals surface area contributed by atoms with E-state index in [1.807, 2.05) is 24.3 Å². The Kier molecular flexibility index (Phi) is 5.79. The molecule has 0 bridgehead atoms. The first-order valence-corrected chi connectivity index (χ1v) is 8.89. The van der Waals surface area contributed by atoms with Gasteiger partial charge in [-0.1, -0.05) is 30.7 Å². The van der Waals surface area contributed by atoms with Crippen LogP contribution < -0.4 is 0 Å². The van der Waals surface area contributed by atoms with Crippen molar-refractivity contribution in [3.63, 3.8) is 0 Å². The number of piperidine rings is 1. The lowest BCUT2D eigenvalue weighted by Crippen LogP contribution is -2.31. The Balaban J connectivity index is 1.59. The molecule has 1 unspecified atom stereocenters. The van der Waals surface area contributed by atoms with Gasteiger partial charge in [0.15, 0.2) is 0 Å². The minimum absolute atomic E-state index is 0.0912. The summed E-state index contributed by atoms with van der Waals surface area (Å²) in [5.41, 5.74) is 2.93. The van der Waals surface area contributed by atoms with E-state index >= 15 is 0 Å². The molecule has 1 aliphatic rings. The quantitative estimate of drug-likeness (QED) is 0.633. The highest BCUT2D eigenvalue weighted by Crippen LogP contribution is 2.25. The van der Waals surface area contributed by atoms with Crippen LogP contribution in [0.4, 0.5) is 5.69 Å². The molecule has 1 saturated heterocycles. The van der Waals surface area contributed by atoms with Gasteiger partial charge in [0, 0.05) is 18.7 Å². The van der Waals surface area contributed by atoms with Crippen LogP contribution >= 0.6 is 0 Å². The summed E-state index contributed by atoms with van der Waals surface area (Å²) in [6, 6.07) is 14.3. The molecular formula is C20H24N2O3. The Morgan fingerprint density at radius 2 is 1.52 bits per heavy atom. The third-order valence-corrected chi connectivity index (χ3v) is 4.87. The molecule has 0 radical (unpaired) electrons. The molecule has 1 atom stereocenters. The highest BCUT2D eigenvalue weighted by molar-refractivity contribution is 5.65. The first-order chi connectivity index (χ1) is 12.1. The fourth-order valence-electron chi connectivity index (χ4n) is 3.33. The molecule has 0 spiro atoms. The van der Waals surface area contributed by atoms with Gasteiger partial charge in [-0.15, -0.1) is 0 Å². The molecule has 2 aromatic rings. The molecule has 3 rings (SSSR count). The number of benzene rings is 2. The molecule has 0 aliphatic carbocycles. The molecule has 1 aliphatic heterocycles. The van der Waals surface area contributed by atoms with Crippen LogP contribution in [0.2, 0.25) is 0 Å². The van der Waals surface area contributed by atoms with E-state index in [-0.39, 0.29) is 5.69 Å². The average Bonchev–Trinajstić information content (AvgIpc) is 2.67. The standard InChI is InChI=1S/C20H24N2O3/c23-20(12-15-21-13-2-1-3-14-21)18-6-4-16(5-7-18)17-8-10-19(11-9-17)22(24)25/h4-11,20,23H,1-3,12-15H2. The van der Waals surface area contributed by atoms with Gasteiger partial charge >= 0.3 is 0 Å². The first-order valence-electron chi connectivity index (χ1n) is 8.89. The number of likely N-dealkylation sites (tertiary alicyclic amines) is 1. The van der Waals surface area contributed by atoms with E-state index in [2.05, 4.69) is 4.90 Å². The lowest BCUT2D eigenvalue weighted by atomic mass is 10.00. The van der Waals surface area contributed by atoms with Crippen LogP contribution in [-0.4, -0.2) is 34.6 Å². The summed E-state index contributed by atoms with van der Waals surface area (Å²) in [5.74, 6) is 0. The number of nitro groups is 1. The second-order valence-electron chi connectivity index (χ2n) is 6.63. The van der Waals surface area contributed by atoms with E-state index in [0.717, 1.165) is 42.7 Å². The van der Waals surface area contributed by atoms with Crippen molar-refractivity contribution < 1.29 is 10.0 Å². The second-order valence-corrected chi connectivity index (χ2v) is 6.63. The van der Waals surface area contributed by atoms with Gasteiger partial charge in [0.05, 0.1) is 11.0 Å². The van der Waals surface area contributed by atoms with Crippen molar-refractivity contribution in [1.29, 1.82) is 0 Å². The van der Waals surface area contributed by atoms with E-state index in [1.165, 1.54) is 31.4 Å². The number of rotatable bonds is 6. The van der Waals surface area contributed by atoms with Gasteiger partial charge in [-0.3, -0.25) is 10.1 Å². The van der Waals surface area contributed by atoms with E-state index < -0.39 is 11.0 Å². The van der Waals surface area contributed by atoms with Crippen molar-refractivity contribution in [2.24, 2.45) is 0 Å². The molecule has 1 N–H and O–H groups in total. The number of aliphatic hydroxyl groups is 1. The molecule has 2 aromatic carbocycles. The Bertz CT molecular complexity index is 692. The lowest BCUT2D eigenvalue weighted by Gasteiger charge is -2.27. The number of hydrogen-bond acceptors (Lipinski definition) is 4. The summed E-state index contributed by atoms with van der Waals surface area (Å²) in [4.78, 5) is 12.7. The van der Waals surface area contributed by atoms with Crippen molar-refractivity contribution >= 4 is 5.69 Å². The fourth-order valence-corrected chi connectivity index (χ4v) is 3.33. The van der Waals surface area contributed by atoms with Gasteiger partial charge < -0.3 is 10.0 Å². The minimum Gasteiger partial charge on any atom is -0.388 e. The summed E-state index contributed by atoms with van der Waals surface area (Å²) in [7, 11) is 0. The molecule has 5 nitrogen and oxygen atoms in total. The fraction of sp³-hybridized carbons (Fsp3) is 0.400. The number of non-ortho nitro benzene ring substituents is 1. The Labute approximate surface area is 148 Å². The first kappa shape index (κ1) is 17.6. The number of aliphatic hydroxyl groups excluding tert-OH is 1. The maximum atomic E-state index is 10.7. The van der Waals surface area contributed by atoms with Crippen molar-refractivity contribution in [1.82, 2.24) is 4.90 Å². The van der Waals surface area contributed by atoms with Crippen molar-refractivity contribution in [2.45, 2.75) is 31.8 Å². The van der Waals surface area contributed by atoms with Crippen molar-refractivity contribution in [3.05, 3.63) is 64.2 Å². The molecule has 1 fully saturated rings. The maximum absolute atomic E-state index is 10.7. The van der Waals surface area contributed by atoms with Gasteiger partial charge in [-0.2, -0.15) is 0 Å². The molecule has 0 aromatic heterocycles. The molecule has 5 heteroatoms. The zero-order valence-electron chi connectivity index (χ0n) is 14.3. The zero-order valence-corrected chi connectivity index (χ0v) is 14.3. The number of nitro benzene ring substituents is 1. The molecular weight excluding hydrogens is 316 g/mol. The normalized spacial score (nSPS) is 16.5. The predicted molar refractivity (Wildman–Crippen MR) is 98.4 cm³/mol. The SMILES string of the molecule is O=[N+]([O-])c1ccc(-c2ccc(C(O)CCN3CCCCC3)cc2)cc1. The van der Waals surface area contributed by atoms with Gasteiger partial charge in [0.1, 0.15) is 0 Å². The Morgan fingerprint density at radius 3 is 2.08 bits per heavy atom. The van der Waals surface area contributed by atoms with Gasteiger partial charge in [-0.25, -0.2) is 0 Å². The summed E-state index contributed by atoms with van der Waals surface area (Å²) in [5, 5.41) is 21.1. The summed E-state index contributed by atoms with van der Waals surface area (Å²) >= 11 is 0. The number of nitrogens with zero attached hydrogens (tertiary/aromatic N) is 2. The average molecular weight is 340 g/mol. The Hall–Kier alpha value is -2.24. The largest absolute Gasteiger partial charge is 0.388 e. The predicted octanol–water partition coefficient (Wildman–Crippen LogP) is 4.17. The van der Waals surface area contributed by atoms with Crippen LogP contribution in [0.3, 0.4) is 0 Å². The van der Waals surface area contributed by atoms with Crippen LogP contribution in [-0.2, 0) is 0 Å². The van der Waals surface area contributed by atoms with Crippen LogP contribution in [0.1, 0.15) is 37.4 Å². The lowest BCUT2D eigenvalue weighted by molar-refractivity contribution is -0.384. The van der Waals surface area contributed by atoms with E-state index in [4.69, 9.17) is 0 Å². The zero-order chi connectivity index (χ0) is 17.6. The summed E-state index contributed by atoms with van der Waals surface area (Å²) in [6.45, 7) is 3.23. The van der Waals surface area contributed by atoms with E-state index in [1.54, 1.807) is 12.1 Å². The van der Waals surface area contributed by atoms with Crippen LogP contribution in [0.5, 0.6) is 0 Å². The third-order valence-electron chi connectivity index (χ3n) is 4.87. The van der Waals surface area contributed by atoms with Crippen LogP contribution in [0.25, 0.3) is 11.1 Å². The van der Waals surface area contributed by atoms with Crippen molar-refractivity contribution in [3.8, 4) is 11.1 Å². The maximum Gasteiger partial charge on any atom is 0.269 e. The summed E-state index contributed by atoms with van der Waals surface area (Å²) in [6.07, 6.45) is 4.15. The van der Waals surface area contributed by atoms with Crippen LogP contribution in [0, 0.1) is 10.1 Å². The van der Waals surface area contributed by atoms with Crippen molar-refractivity contribution in [2.75, 3.05) is 19.6 Å². The smallest absolute Gasteiger partial charge is 0.269 e. The highest BCUT2D eigenvalue weighted by atomic mass is 16.6. The molecule has 0 amide bonds. The van der Waals surface area contributed by atoms with Gasteiger partial charge in [0.2, 0.25) is 0 Å².